The summed E-state index contributed by atoms with van der Waals surface area (Å²) < 4.78 is 31.9. The maximum absolute atomic E-state index is 13.5. The van der Waals surface area contributed by atoms with Crippen LogP contribution in [0.5, 0.6) is 5.88 Å². The summed E-state index contributed by atoms with van der Waals surface area (Å²) in [5.74, 6) is -0.746. The minimum atomic E-state index is -0.910. The summed E-state index contributed by atoms with van der Waals surface area (Å²) in [5.41, 5.74) is 2.92. The third kappa shape index (κ3) is 3.37. The molecule has 122 valence electrons. The van der Waals surface area contributed by atoms with Crippen molar-refractivity contribution in [3.8, 4) is 17.0 Å². The number of pyridine rings is 1. The van der Waals surface area contributed by atoms with E-state index in [-0.39, 0.29) is 0 Å². The minimum absolute atomic E-state index is 0.352. The molecule has 0 aliphatic heterocycles. The van der Waals surface area contributed by atoms with Crippen LogP contribution in [-0.4, -0.2) is 22.1 Å². The van der Waals surface area contributed by atoms with Crippen LogP contribution in [0.15, 0.2) is 42.9 Å². The van der Waals surface area contributed by atoms with E-state index in [1.54, 1.807) is 18.6 Å². The third-order valence-corrected chi connectivity index (χ3v) is 3.57. The molecule has 2 heterocycles. The molecule has 0 aliphatic carbocycles. The highest BCUT2D eigenvalue weighted by Gasteiger charge is 2.12. The molecule has 3 aromatic rings. The van der Waals surface area contributed by atoms with Crippen molar-refractivity contribution in [2.75, 3.05) is 7.11 Å². The number of aromatic nitrogens is 3. The van der Waals surface area contributed by atoms with Crippen LogP contribution in [0.4, 0.5) is 8.78 Å². The number of nitrogens with zero attached hydrogens (tertiary/aromatic N) is 3. The van der Waals surface area contributed by atoms with Crippen molar-refractivity contribution in [3.05, 3.63) is 71.4 Å². The first-order valence-corrected chi connectivity index (χ1v) is 7.32. The van der Waals surface area contributed by atoms with Gasteiger partial charge in [0.05, 0.1) is 7.11 Å². The summed E-state index contributed by atoms with van der Waals surface area (Å²) in [5, 5.41) is 0. The first kappa shape index (κ1) is 16.0. The van der Waals surface area contributed by atoms with E-state index >= 15 is 0 Å². The Kier molecular flexibility index (Phi) is 4.46. The number of rotatable bonds is 4. The van der Waals surface area contributed by atoms with E-state index in [4.69, 9.17) is 4.74 Å². The van der Waals surface area contributed by atoms with Crippen LogP contribution in [0.25, 0.3) is 11.1 Å². The fraction of sp³-hybridized carbons (Fsp3) is 0.167. The lowest BCUT2D eigenvalue weighted by Gasteiger charge is -2.10. The van der Waals surface area contributed by atoms with Crippen LogP contribution in [0.2, 0.25) is 0 Å². The van der Waals surface area contributed by atoms with Crippen molar-refractivity contribution < 1.29 is 13.5 Å². The van der Waals surface area contributed by atoms with Gasteiger partial charge in [-0.2, -0.15) is 0 Å². The molecule has 0 saturated carbocycles. The normalized spacial score (nSPS) is 10.7. The lowest BCUT2D eigenvalue weighted by atomic mass is 10.0. The Balaban J connectivity index is 1.98. The molecule has 6 heteroatoms. The summed E-state index contributed by atoms with van der Waals surface area (Å²) in [6.07, 6.45) is 5.77. The quantitative estimate of drug-likeness (QED) is 0.733. The number of methoxy groups -OCH3 is 1. The predicted octanol–water partition coefficient (Wildman–Crippen LogP) is 3.72. The largest absolute Gasteiger partial charge is 0.481 e. The van der Waals surface area contributed by atoms with Crippen LogP contribution in [-0.2, 0) is 6.42 Å². The number of ether oxygens (including phenoxy) is 1. The molecule has 0 amide bonds. The van der Waals surface area contributed by atoms with Gasteiger partial charge < -0.3 is 4.74 Å². The van der Waals surface area contributed by atoms with E-state index in [1.165, 1.54) is 13.2 Å². The van der Waals surface area contributed by atoms with Crippen LogP contribution >= 0.6 is 0 Å². The van der Waals surface area contributed by atoms with E-state index < -0.39 is 11.6 Å². The predicted molar refractivity (Wildman–Crippen MR) is 85.7 cm³/mol. The van der Waals surface area contributed by atoms with Gasteiger partial charge in [0.2, 0.25) is 5.88 Å². The standard InChI is InChI=1S/C18H15F2N3O/c1-11-21-9-13(10-22-11)5-12-6-15(18(24-2)23-8-12)14-3-4-16(19)17(20)7-14/h3-4,6-10H,5H2,1-2H3. The van der Waals surface area contributed by atoms with Gasteiger partial charge in [-0.25, -0.2) is 23.7 Å². The summed E-state index contributed by atoms with van der Waals surface area (Å²) in [7, 11) is 1.49. The molecular weight excluding hydrogens is 312 g/mol. The summed E-state index contributed by atoms with van der Waals surface area (Å²) in [6.45, 7) is 1.82. The van der Waals surface area contributed by atoms with Crippen molar-refractivity contribution in [1.82, 2.24) is 15.0 Å². The number of hydrogen-bond donors (Lipinski definition) is 0. The van der Waals surface area contributed by atoms with Crippen molar-refractivity contribution >= 4 is 0 Å². The maximum atomic E-state index is 13.5. The monoisotopic (exact) mass is 327 g/mol. The maximum Gasteiger partial charge on any atom is 0.221 e. The van der Waals surface area contributed by atoms with Gasteiger partial charge >= 0.3 is 0 Å². The average Bonchev–Trinajstić information content (AvgIpc) is 2.59. The van der Waals surface area contributed by atoms with Gasteiger partial charge in [-0.1, -0.05) is 6.07 Å². The second-order valence-corrected chi connectivity index (χ2v) is 5.34. The van der Waals surface area contributed by atoms with Gasteiger partial charge in [-0.15, -0.1) is 0 Å². The fourth-order valence-electron chi connectivity index (χ4n) is 2.37. The molecule has 0 N–H and O–H groups in total. The van der Waals surface area contributed by atoms with E-state index in [9.17, 15) is 8.78 Å². The smallest absolute Gasteiger partial charge is 0.221 e. The first-order chi connectivity index (χ1) is 11.6. The molecule has 3 rings (SSSR count). The molecule has 0 atom stereocenters. The third-order valence-electron chi connectivity index (χ3n) is 3.57. The van der Waals surface area contributed by atoms with Gasteiger partial charge in [-0.05, 0) is 41.8 Å². The van der Waals surface area contributed by atoms with Gasteiger partial charge in [0.15, 0.2) is 11.6 Å². The Morgan fingerprint density at radius 2 is 1.62 bits per heavy atom. The van der Waals surface area contributed by atoms with Gasteiger partial charge in [0.25, 0.3) is 0 Å². The van der Waals surface area contributed by atoms with E-state index in [0.717, 1.165) is 23.3 Å². The Labute approximate surface area is 138 Å². The molecule has 0 aliphatic rings. The zero-order valence-electron chi connectivity index (χ0n) is 13.3. The molecule has 4 nitrogen and oxygen atoms in total. The highest BCUT2D eigenvalue weighted by Crippen LogP contribution is 2.30. The van der Waals surface area contributed by atoms with Gasteiger partial charge in [0.1, 0.15) is 5.82 Å². The molecule has 0 unspecified atom stereocenters. The van der Waals surface area contributed by atoms with E-state index in [1.807, 2.05) is 13.0 Å². The van der Waals surface area contributed by atoms with Crippen LogP contribution < -0.4 is 4.74 Å². The molecule has 24 heavy (non-hydrogen) atoms. The number of hydrogen-bond acceptors (Lipinski definition) is 4. The average molecular weight is 327 g/mol. The molecule has 0 fully saturated rings. The molecule has 1 aromatic carbocycles. The summed E-state index contributed by atoms with van der Waals surface area (Å²) in [6, 6.07) is 5.56. The highest BCUT2D eigenvalue weighted by molar-refractivity contribution is 5.69. The molecule has 2 aromatic heterocycles. The first-order valence-electron chi connectivity index (χ1n) is 7.32. The zero-order valence-corrected chi connectivity index (χ0v) is 13.3. The SMILES string of the molecule is COc1ncc(Cc2cnc(C)nc2)cc1-c1ccc(F)c(F)c1. The second kappa shape index (κ2) is 6.70. The number of benzene rings is 1. The second-order valence-electron chi connectivity index (χ2n) is 5.34. The topological polar surface area (TPSA) is 47.9 Å². The molecule has 0 saturated heterocycles. The van der Waals surface area contributed by atoms with E-state index in [0.29, 0.717) is 29.3 Å². The van der Waals surface area contributed by atoms with Crippen LogP contribution in [0.3, 0.4) is 0 Å². The molecule has 0 bridgehead atoms. The number of halogens is 2. The highest BCUT2D eigenvalue weighted by atomic mass is 19.2. The van der Waals surface area contributed by atoms with Crippen molar-refractivity contribution in [2.45, 2.75) is 13.3 Å². The Hall–Kier alpha value is -2.89. The molecule has 0 radical (unpaired) electrons. The minimum Gasteiger partial charge on any atom is -0.481 e. The van der Waals surface area contributed by atoms with Crippen molar-refractivity contribution in [3.63, 3.8) is 0 Å². The van der Waals surface area contributed by atoms with Crippen molar-refractivity contribution in [2.24, 2.45) is 0 Å². The Bertz CT molecular complexity index is 867. The molecule has 0 spiro atoms. The summed E-state index contributed by atoms with van der Waals surface area (Å²) in [4.78, 5) is 12.6. The number of aryl methyl sites for hydroxylation is 1. The lowest BCUT2D eigenvalue weighted by molar-refractivity contribution is 0.399. The Morgan fingerprint density at radius 1 is 0.917 bits per heavy atom. The van der Waals surface area contributed by atoms with Crippen LogP contribution in [0.1, 0.15) is 17.0 Å². The van der Waals surface area contributed by atoms with Crippen molar-refractivity contribution in [1.29, 1.82) is 0 Å². The van der Waals surface area contributed by atoms with Crippen LogP contribution in [0, 0.1) is 18.6 Å². The van der Waals surface area contributed by atoms with Gasteiger partial charge in [0, 0.05) is 30.6 Å². The fourth-order valence-corrected chi connectivity index (χ4v) is 2.37. The molecular formula is C18H15F2N3O. The lowest BCUT2D eigenvalue weighted by Crippen LogP contribution is -1.98. The zero-order chi connectivity index (χ0) is 17.1. The van der Waals surface area contributed by atoms with E-state index in [2.05, 4.69) is 15.0 Å². The van der Waals surface area contributed by atoms with Gasteiger partial charge in [-0.3, -0.25) is 0 Å². The summed E-state index contributed by atoms with van der Waals surface area (Å²) >= 11 is 0. The Morgan fingerprint density at radius 3 is 2.29 bits per heavy atom.